The minimum Gasteiger partial charge on any atom is -0.356 e. The molecule has 1 saturated heterocycles. The van der Waals surface area contributed by atoms with E-state index in [-0.39, 0.29) is 17.7 Å². The molecule has 1 fully saturated rings. The van der Waals surface area contributed by atoms with Crippen molar-refractivity contribution in [2.45, 2.75) is 24.2 Å². The topological polar surface area (TPSA) is 49.4 Å². The summed E-state index contributed by atoms with van der Waals surface area (Å²) in [4.78, 5) is 28.2. The number of nitrogens with one attached hydrogen (secondary N) is 1. The van der Waals surface area contributed by atoms with Gasteiger partial charge in [-0.15, -0.1) is 11.8 Å². The number of nitrogens with zero attached hydrogens (tertiary/aromatic N) is 1. The van der Waals surface area contributed by atoms with Crippen molar-refractivity contribution >= 4 is 35.2 Å². The van der Waals surface area contributed by atoms with Gasteiger partial charge in [-0.1, -0.05) is 29.8 Å². The SMILES string of the molecule is O=C(NCCCSc1ccccc1)C1CCCN(C(=O)c2ccc(Cl)cc2)C1. The molecule has 0 saturated carbocycles. The zero-order chi connectivity index (χ0) is 19.8. The minimum atomic E-state index is -0.133. The van der Waals surface area contributed by atoms with Crippen molar-refractivity contribution in [2.75, 3.05) is 25.4 Å². The van der Waals surface area contributed by atoms with Crippen molar-refractivity contribution < 1.29 is 9.59 Å². The Labute approximate surface area is 175 Å². The molecular formula is C22H25ClN2O2S. The molecule has 0 aliphatic carbocycles. The van der Waals surface area contributed by atoms with Crippen LogP contribution in [0.3, 0.4) is 0 Å². The van der Waals surface area contributed by atoms with Gasteiger partial charge in [0.2, 0.25) is 5.91 Å². The fourth-order valence-electron chi connectivity index (χ4n) is 3.29. The smallest absolute Gasteiger partial charge is 0.253 e. The number of piperidine rings is 1. The summed E-state index contributed by atoms with van der Waals surface area (Å²) in [6, 6.07) is 17.2. The van der Waals surface area contributed by atoms with E-state index in [1.807, 2.05) is 18.2 Å². The van der Waals surface area contributed by atoms with Gasteiger partial charge in [0.1, 0.15) is 0 Å². The summed E-state index contributed by atoms with van der Waals surface area (Å²) in [5, 5.41) is 3.65. The standard InChI is InChI=1S/C22H25ClN2O2S/c23-19-11-9-17(10-12-19)22(27)25-14-4-6-18(16-25)21(26)24-13-5-15-28-20-7-2-1-3-8-20/h1-3,7-12,18H,4-6,13-16H2,(H,24,26). The molecule has 1 aliphatic rings. The molecule has 28 heavy (non-hydrogen) atoms. The van der Waals surface area contributed by atoms with Crippen LogP contribution in [0.1, 0.15) is 29.6 Å². The third-order valence-electron chi connectivity index (χ3n) is 4.80. The number of amides is 2. The lowest BCUT2D eigenvalue weighted by atomic mass is 9.96. The van der Waals surface area contributed by atoms with Crippen LogP contribution in [0.5, 0.6) is 0 Å². The molecular weight excluding hydrogens is 392 g/mol. The van der Waals surface area contributed by atoms with E-state index in [2.05, 4.69) is 17.4 Å². The summed E-state index contributed by atoms with van der Waals surface area (Å²) in [5.41, 5.74) is 0.614. The number of likely N-dealkylation sites (tertiary alicyclic amines) is 1. The molecule has 3 rings (SSSR count). The Morgan fingerprint density at radius 1 is 1.11 bits per heavy atom. The van der Waals surface area contributed by atoms with Gasteiger partial charge in [-0.2, -0.15) is 0 Å². The van der Waals surface area contributed by atoms with Crippen LogP contribution >= 0.6 is 23.4 Å². The molecule has 4 nitrogen and oxygen atoms in total. The Morgan fingerprint density at radius 3 is 2.61 bits per heavy atom. The first-order chi connectivity index (χ1) is 13.6. The number of rotatable bonds is 7. The van der Waals surface area contributed by atoms with Crippen molar-refractivity contribution in [3.8, 4) is 0 Å². The first-order valence-corrected chi connectivity index (χ1v) is 11.0. The summed E-state index contributed by atoms with van der Waals surface area (Å²) in [7, 11) is 0. The van der Waals surface area contributed by atoms with Gasteiger partial charge in [0.25, 0.3) is 5.91 Å². The van der Waals surface area contributed by atoms with Gasteiger partial charge >= 0.3 is 0 Å². The van der Waals surface area contributed by atoms with Gasteiger partial charge in [0.05, 0.1) is 5.92 Å². The molecule has 6 heteroatoms. The van der Waals surface area contributed by atoms with Crippen LogP contribution in [0.4, 0.5) is 0 Å². The van der Waals surface area contributed by atoms with Gasteiger partial charge in [-0.05, 0) is 61.4 Å². The monoisotopic (exact) mass is 416 g/mol. The first kappa shape index (κ1) is 20.7. The normalized spacial score (nSPS) is 16.6. The maximum Gasteiger partial charge on any atom is 0.253 e. The van der Waals surface area contributed by atoms with E-state index in [0.717, 1.165) is 25.0 Å². The lowest BCUT2D eigenvalue weighted by Crippen LogP contribution is -2.45. The van der Waals surface area contributed by atoms with Crippen molar-refractivity contribution in [1.29, 1.82) is 0 Å². The highest BCUT2D eigenvalue weighted by Crippen LogP contribution is 2.20. The van der Waals surface area contributed by atoms with Crippen molar-refractivity contribution in [2.24, 2.45) is 5.92 Å². The third kappa shape index (κ3) is 6.01. The second kappa shape index (κ2) is 10.5. The number of thioether (sulfide) groups is 1. The molecule has 1 atom stereocenters. The highest BCUT2D eigenvalue weighted by Gasteiger charge is 2.28. The van der Waals surface area contributed by atoms with E-state index < -0.39 is 0 Å². The summed E-state index contributed by atoms with van der Waals surface area (Å²) < 4.78 is 0. The fraction of sp³-hybridized carbons (Fsp3) is 0.364. The number of hydrogen-bond donors (Lipinski definition) is 1. The molecule has 1 heterocycles. The van der Waals surface area contributed by atoms with E-state index in [1.54, 1.807) is 40.9 Å². The summed E-state index contributed by atoms with van der Waals surface area (Å²) in [5.74, 6) is 0.856. The van der Waals surface area contributed by atoms with Gasteiger partial charge in [0.15, 0.2) is 0 Å². The predicted molar refractivity (Wildman–Crippen MR) is 115 cm³/mol. The molecule has 148 valence electrons. The average molecular weight is 417 g/mol. The van der Waals surface area contributed by atoms with Gasteiger partial charge in [-0.25, -0.2) is 0 Å². The highest BCUT2D eigenvalue weighted by atomic mass is 35.5. The lowest BCUT2D eigenvalue weighted by molar-refractivity contribution is -0.126. The summed E-state index contributed by atoms with van der Waals surface area (Å²) in [6.45, 7) is 1.84. The molecule has 0 aromatic heterocycles. The molecule has 0 spiro atoms. The van der Waals surface area contributed by atoms with Gasteiger partial charge in [-0.3, -0.25) is 9.59 Å². The van der Waals surface area contributed by atoms with Crippen LogP contribution in [0.2, 0.25) is 5.02 Å². The number of carbonyl (C=O) groups is 2. The fourth-order valence-corrected chi connectivity index (χ4v) is 4.29. The second-order valence-corrected chi connectivity index (χ2v) is 8.51. The lowest BCUT2D eigenvalue weighted by Gasteiger charge is -2.32. The minimum absolute atomic E-state index is 0.0339. The molecule has 1 N–H and O–H groups in total. The molecule has 0 bridgehead atoms. The molecule has 2 amide bonds. The Kier molecular flexibility index (Phi) is 7.80. The summed E-state index contributed by atoms with van der Waals surface area (Å²) in [6.07, 6.45) is 2.60. The van der Waals surface area contributed by atoms with Crippen molar-refractivity contribution in [1.82, 2.24) is 10.2 Å². The Morgan fingerprint density at radius 2 is 1.86 bits per heavy atom. The number of benzene rings is 2. The zero-order valence-electron chi connectivity index (χ0n) is 15.8. The number of carbonyl (C=O) groups excluding carboxylic acids is 2. The molecule has 1 aliphatic heterocycles. The Balaban J connectivity index is 1.41. The van der Waals surface area contributed by atoms with Crippen molar-refractivity contribution in [3.63, 3.8) is 0 Å². The third-order valence-corrected chi connectivity index (χ3v) is 6.15. The van der Waals surface area contributed by atoms with Crippen LogP contribution in [0, 0.1) is 5.92 Å². The maximum atomic E-state index is 12.7. The Bertz CT molecular complexity index is 783. The summed E-state index contributed by atoms with van der Waals surface area (Å²) >= 11 is 7.69. The number of halogens is 1. The van der Waals surface area contributed by atoms with E-state index in [1.165, 1.54) is 4.90 Å². The van der Waals surface area contributed by atoms with Crippen LogP contribution in [-0.2, 0) is 4.79 Å². The van der Waals surface area contributed by atoms with Crippen LogP contribution in [0.25, 0.3) is 0 Å². The van der Waals surface area contributed by atoms with Crippen LogP contribution < -0.4 is 5.32 Å². The molecule has 1 unspecified atom stereocenters. The van der Waals surface area contributed by atoms with E-state index >= 15 is 0 Å². The van der Waals surface area contributed by atoms with E-state index in [0.29, 0.717) is 30.2 Å². The van der Waals surface area contributed by atoms with E-state index in [4.69, 9.17) is 11.6 Å². The highest BCUT2D eigenvalue weighted by molar-refractivity contribution is 7.99. The Hall–Kier alpha value is -1.98. The van der Waals surface area contributed by atoms with E-state index in [9.17, 15) is 9.59 Å². The van der Waals surface area contributed by atoms with Gasteiger partial charge < -0.3 is 10.2 Å². The largest absolute Gasteiger partial charge is 0.356 e. The average Bonchev–Trinajstić information content (AvgIpc) is 2.74. The molecule has 0 radical (unpaired) electrons. The van der Waals surface area contributed by atoms with Crippen LogP contribution in [0.15, 0.2) is 59.5 Å². The second-order valence-electron chi connectivity index (χ2n) is 6.90. The van der Waals surface area contributed by atoms with Gasteiger partial charge in [0, 0.05) is 35.1 Å². The zero-order valence-corrected chi connectivity index (χ0v) is 17.3. The quantitative estimate of drug-likeness (QED) is 0.534. The predicted octanol–water partition coefficient (Wildman–Crippen LogP) is 4.49. The van der Waals surface area contributed by atoms with Crippen LogP contribution in [-0.4, -0.2) is 42.1 Å². The first-order valence-electron chi connectivity index (χ1n) is 9.64. The molecule has 2 aromatic carbocycles. The molecule has 2 aromatic rings. The maximum absolute atomic E-state index is 12.7. The van der Waals surface area contributed by atoms with Crippen molar-refractivity contribution in [3.05, 3.63) is 65.2 Å². The number of hydrogen-bond acceptors (Lipinski definition) is 3.